The van der Waals surface area contributed by atoms with E-state index in [-0.39, 0.29) is 0 Å². The minimum Gasteiger partial charge on any atom is -0.310 e. The van der Waals surface area contributed by atoms with Gasteiger partial charge in [0.25, 0.3) is 0 Å². The van der Waals surface area contributed by atoms with E-state index in [0.29, 0.717) is 0 Å². The van der Waals surface area contributed by atoms with Gasteiger partial charge in [0.1, 0.15) is 0 Å². The molecular weight excluding hydrogens is 831 g/mol. The molecule has 0 bridgehead atoms. The lowest BCUT2D eigenvalue weighted by Crippen LogP contribution is -2.26. The third-order valence-electron chi connectivity index (χ3n) is 15.1. The standard InChI is InChI=1S/C68H45N/c1-44-33-35-48(36-34-44)69(50-37-39-55-54-28-15-18-32-63(54)68(64(55)42-50)61-30-16-13-26-52(61)53-27-14-17-31-62(53)68)49-38-40-57-60(41-49)51-25-11-12-29-56(51)66-59(46-21-7-3-8-22-46)43-58(45-19-5-2-6-20-45)65(67(57)66)47-23-9-4-10-24-47/h2-43H,1H3. The zero-order valence-corrected chi connectivity index (χ0v) is 38.2. The molecule has 0 fully saturated rings. The SMILES string of the molecule is Cc1ccc(N(c2ccc3c(c2)C2(c4ccccc4-c4ccccc42)c2ccccc2-3)c2ccc3c(c2)c2ccccc2c2c(-c4ccccc4)cc(-c4ccccc4)c(-c4ccccc4)c32)cc1. The van der Waals surface area contributed by atoms with Crippen molar-refractivity contribution in [1.29, 1.82) is 0 Å². The predicted molar refractivity (Wildman–Crippen MR) is 291 cm³/mol. The highest BCUT2D eigenvalue weighted by Gasteiger charge is 2.51. The number of hydrogen-bond donors (Lipinski definition) is 0. The average Bonchev–Trinajstić information content (AvgIpc) is 3.89. The van der Waals surface area contributed by atoms with E-state index in [4.69, 9.17) is 0 Å². The summed E-state index contributed by atoms with van der Waals surface area (Å²) in [6, 6.07) is 95.1. The van der Waals surface area contributed by atoms with Gasteiger partial charge in [-0.15, -0.1) is 0 Å². The molecule has 1 nitrogen and oxygen atoms in total. The van der Waals surface area contributed by atoms with Crippen molar-refractivity contribution >= 4 is 49.4 Å². The second kappa shape index (κ2) is 15.4. The lowest BCUT2D eigenvalue weighted by atomic mass is 9.70. The van der Waals surface area contributed by atoms with Crippen LogP contribution >= 0.6 is 0 Å². The lowest BCUT2D eigenvalue weighted by Gasteiger charge is -2.32. The molecule has 0 N–H and O–H groups in total. The van der Waals surface area contributed by atoms with Gasteiger partial charge in [0.2, 0.25) is 0 Å². The van der Waals surface area contributed by atoms with Crippen molar-refractivity contribution in [3.8, 4) is 55.6 Å². The van der Waals surface area contributed by atoms with Gasteiger partial charge in [-0.05, 0) is 160 Å². The predicted octanol–water partition coefficient (Wildman–Crippen LogP) is 18.3. The molecule has 0 radical (unpaired) electrons. The Kier molecular flexibility index (Phi) is 8.78. The van der Waals surface area contributed by atoms with E-state index in [1.807, 2.05) is 0 Å². The minimum absolute atomic E-state index is 0.451. The number of rotatable bonds is 6. The van der Waals surface area contributed by atoms with Crippen molar-refractivity contribution in [3.63, 3.8) is 0 Å². The number of aryl methyl sites for hydroxylation is 1. The van der Waals surface area contributed by atoms with E-state index >= 15 is 0 Å². The first kappa shape index (κ1) is 39.4. The smallest absolute Gasteiger partial charge is 0.0726 e. The van der Waals surface area contributed by atoms with Crippen molar-refractivity contribution in [3.05, 3.63) is 283 Å². The van der Waals surface area contributed by atoms with Gasteiger partial charge in [0.05, 0.1) is 5.41 Å². The molecular formula is C68H45N. The number of nitrogens with zero attached hydrogens (tertiary/aromatic N) is 1. The molecule has 1 heteroatoms. The Morgan fingerprint density at radius 3 is 1.33 bits per heavy atom. The highest BCUT2D eigenvalue weighted by molar-refractivity contribution is 6.33. The number of benzene rings is 12. The van der Waals surface area contributed by atoms with Gasteiger partial charge in [-0.3, -0.25) is 0 Å². The Bertz CT molecular complexity index is 3940. The number of anilines is 3. The van der Waals surface area contributed by atoms with Crippen molar-refractivity contribution in [2.75, 3.05) is 4.90 Å². The first-order valence-corrected chi connectivity index (χ1v) is 24.1. The summed E-state index contributed by atoms with van der Waals surface area (Å²) in [5.41, 5.74) is 22.0. The molecule has 0 saturated heterocycles. The van der Waals surface area contributed by atoms with Crippen LogP contribution < -0.4 is 4.90 Å². The Morgan fingerprint density at radius 1 is 0.275 bits per heavy atom. The molecule has 1 spiro atoms. The van der Waals surface area contributed by atoms with Crippen molar-refractivity contribution < 1.29 is 0 Å². The summed E-state index contributed by atoms with van der Waals surface area (Å²) in [5.74, 6) is 0. The fourth-order valence-electron chi connectivity index (χ4n) is 12.2. The molecule has 0 saturated carbocycles. The maximum Gasteiger partial charge on any atom is 0.0726 e. The molecule has 0 aliphatic heterocycles. The number of fused-ring (bicyclic) bond motifs is 16. The molecule has 14 rings (SSSR count). The van der Waals surface area contributed by atoms with Gasteiger partial charge in [0, 0.05) is 17.1 Å². The Hall–Kier alpha value is -8.78. The van der Waals surface area contributed by atoms with Crippen molar-refractivity contribution in [2.45, 2.75) is 12.3 Å². The summed E-state index contributed by atoms with van der Waals surface area (Å²) in [4.78, 5) is 2.48. The topological polar surface area (TPSA) is 3.24 Å². The minimum atomic E-state index is -0.451. The molecule has 69 heavy (non-hydrogen) atoms. The van der Waals surface area contributed by atoms with Crippen LogP contribution in [0.4, 0.5) is 17.1 Å². The van der Waals surface area contributed by atoms with Crippen LogP contribution in [-0.2, 0) is 5.41 Å². The molecule has 0 atom stereocenters. The summed E-state index contributed by atoms with van der Waals surface area (Å²) in [5, 5.41) is 7.46. The molecule has 2 aliphatic carbocycles. The maximum atomic E-state index is 2.50. The fourth-order valence-corrected chi connectivity index (χ4v) is 12.2. The molecule has 0 heterocycles. The van der Waals surface area contributed by atoms with E-state index in [1.165, 1.54) is 116 Å². The van der Waals surface area contributed by atoms with E-state index in [1.54, 1.807) is 0 Å². The average molecular weight is 876 g/mol. The van der Waals surface area contributed by atoms with Crippen LogP contribution in [0.3, 0.4) is 0 Å². The highest BCUT2D eigenvalue weighted by atomic mass is 15.1. The fraction of sp³-hybridized carbons (Fsp3) is 0.0294. The third-order valence-corrected chi connectivity index (χ3v) is 15.1. The summed E-state index contributed by atoms with van der Waals surface area (Å²) >= 11 is 0. The zero-order valence-electron chi connectivity index (χ0n) is 38.2. The Balaban J connectivity index is 1.07. The van der Waals surface area contributed by atoms with E-state index in [2.05, 4.69) is 267 Å². The first-order valence-electron chi connectivity index (χ1n) is 24.1. The van der Waals surface area contributed by atoms with E-state index in [0.717, 1.165) is 17.1 Å². The third kappa shape index (κ3) is 5.78. The summed E-state index contributed by atoms with van der Waals surface area (Å²) < 4.78 is 0. The monoisotopic (exact) mass is 875 g/mol. The van der Waals surface area contributed by atoms with Gasteiger partial charge < -0.3 is 4.90 Å². The summed E-state index contributed by atoms with van der Waals surface area (Å²) in [6.45, 7) is 2.17. The van der Waals surface area contributed by atoms with Crippen LogP contribution in [0, 0.1) is 6.92 Å². The Morgan fingerprint density at radius 2 is 0.725 bits per heavy atom. The molecule has 12 aromatic carbocycles. The first-order chi connectivity index (χ1) is 34.2. The Labute approximate surface area is 402 Å². The van der Waals surface area contributed by atoms with Crippen molar-refractivity contribution in [2.24, 2.45) is 0 Å². The van der Waals surface area contributed by atoms with Crippen molar-refractivity contribution in [1.82, 2.24) is 0 Å². The van der Waals surface area contributed by atoms with Crippen LogP contribution in [0.5, 0.6) is 0 Å². The normalized spacial score (nSPS) is 12.8. The van der Waals surface area contributed by atoms with Crippen LogP contribution in [0.1, 0.15) is 27.8 Å². The maximum absolute atomic E-state index is 2.50. The molecule has 322 valence electrons. The molecule has 12 aromatic rings. The highest BCUT2D eigenvalue weighted by Crippen LogP contribution is 2.63. The lowest BCUT2D eigenvalue weighted by molar-refractivity contribution is 0.793. The van der Waals surface area contributed by atoms with Gasteiger partial charge in [-0.1, -0.05) is 218 Å². The van der Waals surface area contributed by atoms with E-state index in [9.17, 15) is 0 Å². The van der Waals surface area contributed by atoms with Gasteiger partial charge in [-0.25, -0.2) is 0 Å². The van der Waals surface area contributed by atoms with Crippen LogP contribution in [0.25, 0.3) is 88.0 Å². The van der Waals surface area contributed by atoms with Gasteiger partial charge >= 0.3 is 0 Å². The zero-order chi connectivity index (χ0) is 45.6. The van der Waals surface area contributed by atoms with Gasteiger partial charge in [-0.2, -0.15) is 0 Å². The van der Waals surface area contributed by atoms with Crippen LogP contribution in [-0.4, -0.2) is 0 Å². The van der Waals surface area contributed by atoms with Crippen LogP contribution in [0.15, 0.2) is 255 Å². The second-order valence-corrected chi connectivity index (χ2v) is 18.8. The number of hydrogen-bond acceptors (Lipinski definition) is 1. The van der Waals surface area contributed by atoms with E-state index < -0.39 is 5.41 Å². The van der Waals surface area contributed by atoms with Gasteiger partial charge in [0.15, 0.2) is 0 Å². The largest absolute Gasteiger partial charge is 0.310 e. The molecule has 2 aliphatic rings. The second-order valence-electron chi connectivity index (χ2n) is 18.8. The quantitative estimate of drug-likeness (QED) is 0.150. The summed E-state index contributed by atoms with van der Waals surface area (Å²) in [7, 11) is 0. The summed E-state index contributed by atoms with van der Waals surface area (Å²) in [6.07, 6.45) is 0. The molecule has 0 unspecified atom stereocenters. The molecule has 0 amide bonds. The van der Waals surface area contributed by atoms with Crippen LogP contribution in [0.2, 0.25) is 0 Å². The molecule has 0 aromatic heterocycles.